The van der Waals surface area contributed by atoms with Gasteiger partial charge in [0.15, 0.2) is 5.82 Å². The summed E-state index contributed by atoms with van der Waals surface area (Å²) < 4.78 is 66.6. The first-order valence-electron chi connectivity index (χ1n) is 17.5. The highest BCUT2D eigenvalue weighted by molar-refractivity contribution is 6.03. The first-order chi connectivity index (χ1) is 24.0. The fourth-order valence-electron chi connectivity index (χ4n) is 8.95. The van der Waals surface area contributed by atoms with Crippen molar-refractivity contribution in [2.75, 3.05) is 37.7 Å². The van der Waals surface area contributed by atoms with Gasteiger partial charge in [0.05, 0.1) is 23.7 Å². The van der Waals surface area contributed by atoms with Gasteiger partial charge < -0.3 is 19.8 Å². The van der Waals surface area contributed by atoms with E-state index >= 15 is 4.39 Å². The molecule has 4 heterocycles. The lowest BCUT2D eigenvalue weighted by Gasteiger charge is -2.46. The molecule has 0 amide bonds. The van der Waals surface area contributed by atoms with Crippen LogP contribution < -0.4 is 9.64 Å². The summed E-state index contributed by atoms with van der Waals surface area (Å²) in [5.41, 5.74) is -0.517. The summed E-state index contributed by atoms with van der Waals surface area (Å²) >= 11 is 0. The Bertz CT molecular complexity index is 2040. The van der Waals surface area contributed by atoms with Gasteiger partial charge in [-0.25, -0.2) is 17.6 Å². The van der Waals surface area contributed by atoms with Crippen LogP contribution in [0.1, 0.15) is 57.4 Å². The van der Waals surface area contributed by atoms with Crippen molar-refractivity contribution in [3.8, 4) is 35.4 Å². The number of anilines is 1. The minimum Gasteiger partial charge on any atom is -0.508 e. The molecule has 0 spiro atoms. The number of terminal acetylenes is 1. The first kappa shape index (κ1) is 33.0. The summed E-state index contributed by atoms with van der Waals surface area (Å²) in [7, 11) is 0. The Morgan fingerprint density at radius 1 is 1.08 bits per heavy atom. The predicted molar refractivity (Wildman–Crippen MR) is 181 cm³/mol. The van der Waals surface area contributed by atoms with Crippen molar-refractivity contribution in [1.82, 2.24) is 19.9 Å². The second-order valence-electron chi connectivity index (χ2n) is 14.6. The number of ether oxygens (including phenoxy) is 1. The van der Waals surface area contributed by atoms with Gasteiger partial charge in [-0.3, -0.25) is 9.88 Å². The summed E-state index contributed by atoms with van der Waals surface area (Å²) in [6, 6.07) is 5.43. The quantitative estimate of drug-likeness (QED) is 0.164. The van der Waals surface area contributed by atoms with Crippen LogP contribution in [0.25, 0.3) is 32.9 Å². The Morgan fingerprint density at radius 3 is 2.64 bits per heavy atom. The summed E-state index contributed by atoms with van der Waals surface area (Å²) in [4.78, 5) is 17.9. The van der Waals surface area contributed by atoms with Crippen molar-refractivity contribution >= 4 is 27.5 Å². The molecule has 2 N–H and O–H groups in total. The standard InChI is InChI=1S/C38H39F4N5O3/c1-3-25-29(39)10-9-22-15-24(49)16-26(31(22)25)33-32(40)34-27(17-43-33)35(47-13-5-7-23(48)18-47)45-36(44-34)50-20-37-11-4-8-30(37)46(14-6-12-37)19-28-21(2)38(28,41)42/h1,9-10,15-17,21,23,28,30,48-49H,4-8,11-14,18-20H2,2H3. The van der Waals surface area contributed by atoms with E-state index in [9.17, 15) is 23.4 Å². The minimum absolute atomic E-state index is 0.0424. The largest absolute Gasteiger partial charge is 0.508 e. The Hall–Kier alpha value is -4.21. The molecule has 50 heavy (non-hydrogen) atoms. The molecule has 5 unspecified atom stereocenters. The van der Waals surface area contributed by atoms with Crippen molar-refractivity contribution in [2.45, 2.75) is 69.9 Å². The zero-order valence-electron chi connectivity index (χ0n) is 27.8. The zero-order chi connectivity index (χ0) is 34.9. The molecule has 4 aromatic rings. The van der Waals surface area contributed by atoms with E-state index in [1.807, 2.05) is 4.90 Å². The third kappa shape index (κ3) is 5.41. The van der Waals surface area contributed by atoms with Crippen LogP contribution in [-0.4, -0.2) is 80.9 Å². The van der Waals surface area contributed by atoms with Gasteiger partial charge in [-0.2, -0.15) is 9.97 Å². The third-order valence-corrected chi connectivity index (χ3v) is 11.7. The molecule has 5 atom stereocenters. The molecule has 0 radical (unpaired) electrons. The lowest BCUT2D eigenvalue weighted by molar-refractivity contribution is -0.0102. The van der Waals surface area contributed by atoms with Crippen LogP contribution in [0.15, 0.2) is 30.5 Å². The fraction of sp³-hybridized carbons (Fsp3) is 0.500. The van der Waals surface area contributed by atoms with Crippen LogP contribution in [-0.2, 0) is 0 Å². The maximum Gasteiger partial charge on any atom is 0.319 e. The van der Waals surface area contributed by atoms with Crippen molar-refractivity contribution in [3.63, 3.8) is 0 Å². The van der Waals surface area contributed by atoms with Crippen molar-refractivity contribution < 1.29 is 32.5 Å². The monoisotopic (exact) mass is 689 g/mol. The predicted octanol–water partition coefficient (Wildman–Crippen LogP) is 6.69. The summed E-state index contributed by atoms with van der Waals surface area (Å²) in [6.07, 6.45) is 12.3. The molecular weight excluding hydrogens is 650 g/mol. The summed E-state index contributed by atoms with van der Waals surface area (Å²) in [5.74, 6) is -2.80. The van der Waals surface area contributed by atoms with Crippen molar-refractivity contribution in [3.05, 3.63) is 47.7 Å². The number of likely N-dealkylation sites (tertiary alicyclic amines) is 1. The maximum absolute atomic E-state index is 16.9. The zero-order valence-corrected chi connectivity index (χ0v) is 27.8. The molecule has 8 nitrogen and oxygen atoms in total. The van der Waals surface area contributed by atoms with E-state index in [1.54, 1.807) is 6.92 Å². The van der Waals surface area contributed by atoms with E-state index in [0.29, 0.717) is 42.5 Å². The number of β-amino-alcohol motifs (C(OH)–C–C–N with tert-alkyl or cyclic N) is 1. The van der Waals surface area contributed by atoms with E-state index in [-0.39, 0.29) is 64.1 Å². The normalized spacial score (nSPS) is 27.7. The number of phenolic OH excluding ortho intramolecular Hbond substituents is 1. The molecule has 4 fully saturated rings. The number of aromatic nitrogens is 3. The summed E-state index contributed by atoms with van der Waals surface area (Å²) in [5, 5.41) is 22.0. The number of hydrogen-bond donors (Lipinski definition) is 2. The topological polar surface area (TPSA) is 94.8 Å². The Kier molecular flexibility index (Phi) is 8.07. The number of phenols is 1. The summed E-state index contributed by atoms with van der Waals surface area (Å²) in [6.45, 7) is 3.85. The second kappa shape index (κ2) is 12.2. The van der Waals surface area contributed by atoms with Gasteiger partial charge >= 0.3 is 6.01 Å². The first-order valence-corrected chi connectivity index (χ1v) is 17.5. The average molecular weight is 690 g/mol. The number of pyridine rings is 1. The number of aliphatic hydroxyl groups is 1. The minimum atomic E-state index is -2.62. The highest BCUT2D eigenvalue weighted by Crippen LogP contribution is 2.57. The highest BCUT2D eigenvalue weighted by atomic mass is 19.3. The van der Waals surface area contributed by atoms with Crippen LogP contribution >= 0.6 is 0 Å². The number of rotatable bonds is 7. The molecule has 2 aromatic carbocycles. The van der Waals surface area contributed by atoms with Gasteiger partial charge in [0.2, 0.25) is 0 Å². The molecule has 262 valence electrons. The third-order valence-electron chi connectivity index (χ3n) is 11.7. The molecule has 2 saturated carbocycles. The lowest BCUT2D eigenvalue weighted by Crippen LogP contribution is -2.52. The molecule has 0 bridgehead atoms. The molecule has 8 rings (SSSR count). The van der Waals surface area contributed by atoms with E-state index in [2.05, 4.69) is 20.8 Å². The lowest BCUT2D eigenvalue weighted by atomic mass is 9.75. The number of halogens is 4. The number of hydrogen-bond acceptors (Lipinski definition) is 8. The number of fused-ring (bicyclic) bond motifs is 3. The number of benzene rings is 2. The number of aromatic hydroxyl groups is 1. The van der Waals surface area contributed by atoms with Gasteiger partial charge in [-0.05, 0) is 68.7 Å². The van der Waals surface area contributed by atoms with Crippen LogP contribution in [0.4, 0.5) is 23.4 Å². The van der Waals surface area contributed by atoms with Gasteiger partial charge in [0, 0.05) is 60.1 Å². The molecule has 12 heteroatoms. The van der Waals surface area contributed by atoms with Crippen LogP contribution in [0, 0.1) is 41.2 Å². The van der Waals surface area contributed by atoms with Crippen LogP contribution in [0.2, 0.25) is 0 Å². The fourth-order valence-corrected chi connectivity index (χ4v) is 8.95. The number of piperidine rings is 2. The van der Waals surface area contributed by atoms with Gasteiger partial charge in [0.1, 0.15) is 28.6 Å². The SMILES string of the molecule is C#Cc1c(F)ccc2cc(O)cc(-c3ncc4c(N5CCCC(O)C5)nc(OCC56CCCC5N(CC5C(C)C5(F)F)CCC6)nc4c3F)c12. The van der Waals surface area contributed by atoms with Gasteiger partial charge in [-0.1, -0.05) is 25.3 Å². The highest BCUT2D eigenvalue weighted by Gasteiger charge is 2.66. The molecule has 2 aliphatic heterocycles. The molecule has 2 aliphatic carbocycles. The molecule has 4 aliphatic rings. The number of aliphatic hydroxyl groups excluding tert-OH is 1. The number of alkyl halides is 2. The van der Waals surface area contributed by atoms with Gasteiger partial charge in [-0.15, -0.1) is 6.42 Å². The maximum atomic E-state index is 16.9. The van der Waals surface area contributed by atoms with Crippen LogP contribution in [0.3, 0.4) is 0 Å². The van der Waals surface area contributed by atoms with Crippen molar-refractivity contribution in [1.29, 1.82) is 0 Å². The van der Waals surface area contributed by atoms with Crippen molar-refractivity contribution in [2.24, 2.45) is 17.3 Å². The van der Waals surface area contributed by atoms with E-state index in [4.69, 9.17) is 16.1 Å². The Labute approximate surface area is 287 Å². The Balaban J connectivity index is 1.19. The number of nitrogens with zero attached hydrogens (tertiary/aromatic N) is 5. The molecular formula is C38H39F4N5O3. The van der Waals surface area contributed by atoms with Gasteiger partial charge in [0.25, 0.3) is 5.92 Å². The average Bonchev–Trinajstić information content (AvgIpc) is 3.37. The van der Waals surface area contributed by atoms with E-state index < -0.39 is 35.5 Å². The molecule has 2 saturated heterocycles. The second-order valence-corrected chi connectivity index (χ2v) is 14.6. The van der Waals surface area contributed by atoms with E-state index in [1.165, 1.54) is 30.5 Å². The molecule has 2 aromatic heterocycles. The smallest absolute Gasteiger partial charge is 0.319 e. The van der Waals surface area contributed by atoms with E-state index in [0.717, 1.165) is 38.6 Å². The Morgan fingerprint density at radius 2 is 1.88 bits per heavy atom. The van der Waals surface area contributed by atoms with Crippen LogP contribution in [0.5, 0.6) is 11.8 Å².